The molecule has 8 heteroatoms. The van der Waals surface area contributed by atoms with Crippen LogP contribution in [0, 0.1) is 11.3 Å². The van der Waals surface area contributed by atoms with Gasteiger partial charge in [0.15, 0.2) is 0 Å². The van der Waals surface area contributed by atoms with Gasteiger partial charge in [-0.3, -0.25) is 9.78 Å². The summed E-state index contributed by atoms with van der Waals surface area (Å²) in [5.41, 5.74) is 1.96. The normalized spacial score (nSPS) is 10.8. The van der Waals surface area contributed by atoms with E-state index < -0.39 is 15.9 Å². The van der Waals surface area contributed by atoms with Crippen molar-refractivity contribution < 1.29 is 13.2 Å². The molecule has 7 nitrogen and oxygen atoms in total. The maximum absolute atomic E-state index is 12.5. The summed E-state index contributed by atoms with van der Waals surface area (Å²) in [6.07, 6.45) is 3.16. The summed E-state index contributed by atoms with van der Waals surface area (Å²) in [6, 6.07) is 17.6. The molecule has 28 heavy (non-hydrogen) atoms. The van der Waals surface area contributed by atoms with E-state index in [1.165, 1.54) is 24.3 Å². The zero-order chi connectivity index (χ0) is 20.0. The number of hydrogen-bond acceptors (Lipinski definition) is 5. The number of rotatable bonds is 6. The standard InChI is InChI=1S/C20H16N4O3S/c21-13-15-4-6-18(7-5-15)24-20(25)17-2-1-3-19(12-17)28(26,27)23-14-16-8-10-22-11-9-16/h1-12,23H,14H2,(H,24,25). The zero-order valence-electron chi connectivity index (χ0n) is 14.7. The third kappa shape index (κ3) is 4.79. The number of nitrogens with zero attached hydrogens (tertiary/aromatic N) is 2. The Kier molecular flexibility index (Phi) is 5.79. The predicted molar refractivity (Wildman–Crippen MR) is 104 cm³/mol. The van der Waals surface area contributed by atoms with Gasteiger partial charge in [0, 0.05) is 30.2 Å². The molecule has 0 aliphatic heterocycles. The molecule has 1 heterocycles. The van der Waals surface area contributed by atoms with Gasteiger partial charge in [-0.1, -0.05) is 6.07 Å². The van der Waals surface area contributed by atoms with Crippen LogP contribution in [-0.4, -0.2) is 19.3 Å². The van der Waals surface area contributed by atoms with Gasteiger partial charge in [0.25, 0.3) is 5.91 Å². The van der Waals surface area contributed by atoms with Crippen LogP contribution in [0.25, 0.3) is 0 Å². The van der Waals surface area contributed by atoms with Gasteiger partial charge in [-0.05, 0) is 60.2 Å². The largest absolute Gasteiger partial charge is 0.322 e. The van der Waals surface area contributed by atoms with Gasteiger partial charge in [-0.15, -0.1) is 0 Å². The van der Waals surface area contributed by atoms with Gasteiger partial charge in [0.2, 0.25) is 10.0 Å². The van der Waals surface area contributed by atoms with Gasteiger partial charge in [-0.25, -0.2) is 13.1 Å². The van der Waals surface area contributed by atoms with Crippen molar-refractivity contribution in [2.24, 2.45) is 0 Å². The maximum Gasteiger partial charge on any atom is 0.255 e. The summed E-state index contributed by atoms with van der Waals surface area (Å²) in [4.78, 5) is 16.3. The highest BCUT2D eigenvalue weighted by Gasteiger charge is 2.16. The molecule has 0 aliphatic carbocycles. The van der Waals surface area contributed by atoms with Crippen molar-refractivity contribution >= 4 is 21.6 Å². The van der Waals surface area contributed by atoms with Crippen molar-refractivity contribution in [3.05, 3.63) is 89.7 Å². The second-order valence-electron chi connectivity index (χ2n) is 5.85. The van der Waals surface area contributed by atoms with E-state index in [4.69, 9.17) is 5.26 Å². The molecule has 0 aliphatic rings. The number of anilines is 1. The van der Waals surface area contributed by atoms with Crippen LogP contribution in [0.15, 0.2) is 78.0 Å². The fourth-order valence-corrected chi connectivity index (χ4v) is 3.46. The first-order valence-electron chi connectivity index (χ1n) is 8.28. The fraction of sp³-hybridized carbons (Fsp3) is 0.0500. The molecule has 0 radical (unpaired) electrons. The Morgan fingerprint density at radius 3 is 2.43 bits per heavy atom. The number of hydrogen-bond donors (Lipinski definition) is 2. The van der Waals surface area contributed by atoms with E-state index in [9.17, 15) is 13.2 Å². The molecule has 0 fully saturated rings. The van der Waals surface area contributed by atoms with E-state index in [1.54, 1.807) is 48.8 Å². The Hall–Kier alpha value is -3.54. The molecule has 3 rings (SSSR count). The van der Waals surface area contributed by atoms with Gasteiger partial charge in [-0.2, -0.15) is 5.26 Å². The molecule has 0 spiro atoms. The molecule has 0 atom stereocenters. The van der Waals surface area contributed by atoms with Crippen LogP contribution in [0.4, 0.5) is 5.69 Å². The van der Waals surface area contributed by atoms with Gasteiger partial charge >= 0.3 is 0 Å². The number of pyridine rings is 1. The Bertz CT molecular complexity index is 1120. The number of carbonyl (C=O) groups is 1. The summed E-state index contributed by atoms with van der Waals surface area (Å²) >= 11 is 0. The molecule has 0 unspecified atom stereocenters. The minimum atomic E-state index is -3.78. The molecule has 140 valence electrons. The Morgan fingerprint density at radius 2 is 1.75 bits per heavy atom. The number of benzene rings is 2. The third-order valence-electron chi connectivity index (χ3n) is 3.89. The number of sulfonamides is 1. The number of nitriles is 1. The van der Waals surface area contributed by atoms with Crippen molar-refractivity contribution in [3.63, 3.8) is 0 Å². The maximum atomic E-state index is 12.5. The smallest absolute Gasteiger partial charge is 0.255 e. The first-order chi connectivity index (χ1) is 13.5. The average molecular weight is 392 g/mol. The second-order valence-corrected chi connectivity index (χ2v) is 7.62. The fourth-order valence-electron chi connectivity index (χ4n) is 2.40. The Balaban J connectivity index is 1.73. The number of carbonyl (C=O) groups excluding carboxylic acids is 1. The summed E-state index contributed by atoms with van der Waals surface area (Å²) in [6.45, 7) is 0.118. The van der Waals surface area contributed by atoms with E-state index in [1.807, 2.05) is 6.07 Å². The van der Waals surface area contributed by atoms with Crippen LogP contribution in [0.3, 0.4) is 0 Å². The lowest BCUT2D eigenvalue weighted by Gasteiger charge is -2.09. The van der Waals surface area contributed by atoms with Crippen molar-refractivity contribution in [1.82, 2.24) is 9.71 Å². The van der Waals surface area contributed by atoms with E-state index >= 15 is 0 Å². The average Bonchev–Trinajstić information content (AvgIpc) is 2.74. The van der Waals surface area contributed by atoms with E-state index in [-0.39, 0.29) is 17.0 Å². The van der Waals surface area contributed by atoms with Gasteiger partial charge in [0.05, 0.1) is 16.5 Å². The van der Waals surface area contributed by atoms with E-state index in [2.05, 4.69) is 15.0 Å². The first kappa shape index (κ1) is 19.2. The highest BCUT2D eigenvalue weighted by molar-refractivity contribution is 7.89. The number of aromatic nitrogens is 1. The Labute approximate surface area is 162 Å². The van der Waals surface area contributed by atoms with E-state index in [0.29, 0.717) is 11.3 Å². The lowest BCUT2D eigenvalue weighted by molar-refractivity contribution is 0.102. The monoisotopic (exact) mass is 392 g/mol. The van der Waals surface area contributed by atoms with Crippen LogP contribution in [0.2, 0.25) is 0 Å². The van der Waals surface area contributed by atoms with Crippen LogP contribution in [-0.2, 0) is 16.6 Å². The number of amides is 1. The van der Waals surface area contributed by atoms with Gasteiger partial charge in [0.1, 0.15) is 0 Å². The molecular weight excluding hydrogens is 376 g/mol. The molecule has 2 N–H and O–H groups in total. The van der Waals surface area contributed by atoms with Crippen LogP contribution in [0.1, 0.15) is 21.5 Å². The zero-order valence-corrected chi connectivity index (χ0v) is 15.5. The predicted octanol–water partition coefficient (Wildman–Crippen LogP) is 2.68. The molecule has 0 saturated carbocycles. The van der Waals surface area contributed by atoms with Crippen LogP contribution < -0.4 is 10.0 Å². The second kappa shape index (κ2) is 8.43. The quantitative estimate of drug-likeness (QED) is 0.670. The third-order valence-corrected chi connectivity index (χ3v) is 5.29. The van der Waals surface area contributed by atoms with Crippen molar-refractivity contribution in [3.8, 4) is 6.07 Å². The highest BCUT2D eigenvalue weighted by Crippen LogP contribution is 2.15. The molecule has 0 bridgehead atoms. The Morgan fingerprint density at radius 1 is 1.04 bits per heavy atom. The first-order valence-corrected chi connectivity index (χ1v) is 9.76. The lowest BCUT2D eigenvalue weighted by Crippen LogP contribution is -2.23. The summed E-state index contributed by atoms with van der Waals surface area (Å²) in [7, 11) is -3.78. The van der Waals surface area contributed by atoms with Crippen molar-refractivity contribution in [1.29, 1.82) is 5.26 Å². The van der Waals surface area contributed by atoms with Crippen LogP contribution in [0.5, 0.6) is 0 Å². The molecule has 3 aromatic rings. The lowest BCUT2D eigenvalue weighted by atomic mass is 10.2. The summed E-state index contributed by atoms with van der Waals surface area (Å²) in [5.74, 6) is -0.448. The number of nitrogens with one attached hydrogen (secondary N) is 2. The van der Waals surface area contributed by atoms with E-state index in [0.717, 1.165) is 5.56 Å². The topological polar surface area (TPSA) is 112 Å². The summed E-state index contributed by atoms with van der Waals surface area (Å²) in [5, 5.41) is 11.5. The van der Waals surface area contributed by atoms with Crippen molar-refractivity contribution in [2.45, 2.75) is 11.4 Å². The minimum Gasteiger partial charge on any atom is -0.322 e. The molecule has 1 aromatic heterocycles. The van der Waals surface area contributed by atoms with Crippen LogP contribution >= 0.6 is 0 Å². The molecule has 2 aromatic carbocycles. The minimum absolute atomic E-state index is 0.00552. The summed E-state index contributed by atoms with van der Waals surface area (Å²) < 4.78 is 27.5. The molecule has 1 amide bonds. The van der Waals surface area contributed by atoms with Crippen molar-refractivity contribution in [2.75, 3.05) is 5.32 Å². The highest BCUT2D eigenvalue weighted by atomic mass is 32.2. The molecular formula is C20H16N4O3S. The SMILES string of the molecule is N#Cc1ccc(NC(=O)c2cccc(S(=O)(=O)NCc3ccncc3)c2)cc1. The van der Waals surface area contributed by atoms with Gasteiger partial charge < -0.3 is 5.32 Å². The molecule has 0 saturated heterocycles.